The van der Waals surface area contributed by atoms with Crippen molar-refractivity contribution in [3.05, 3.63) is 23.8 Å². The Morgan fingerprint density at radius 1 is 1.42 bits per heavy atom. The Labute approximate surface area is 143 Å². The first kappa shape index (κ1) is 18.3. The van der Waals surface area contributed by atoms with Crippen molar-refractivity contribution in [1.29, 1.82) is 0 Å². The minimum Gasteiger partial charge on any atom is -0.488 e. The van der Waals surface area contributed by atoms with Gasteiger partial charge in [0.1, 0.15) is 11.9 Å². The molecule has 6 heteroatoms. The fourth-order valence-electron chi connectivity index (χ4n) is 2.92. The van der Waals surface area contributed by atoms with E-state index in [0.29, 0.717) is 18.0 Å². The van der Waals surface area contributed by atoms with Crippen LogP contribution in [0, 0.1) is 5.92 Å². The molecular weight excluding hydrogens is 306 g/mol. The van der Waals surface area contributed by atoms with E-state index in [0.717, 1.165) is 12.1 Å². The fourth-order valence-corrected chi connectivity index (χ4v) is 2.92. The third-order valence-electron chi connectivity index (χ3n) is 4.17. The number of carbonyl (C=O) groups is 2. The second-order valence-electron chi connectivity index (χ2n) is 6.85. The van der Waals surface area contributed by atoms with Crippen LogP contribution in [0.3, 0.4) is 0 Å². The lowest BCUT2D eigenvalue weighted by Crippen LogP contribution is -2.41. The van der Waals surface area contributed by atoms with Crippen molar-refractivity contribution in [1.82, 2.24) is 9.80 Å². The minimum atomic E-state index is -0.138. The number of fused-ring (bicyclic) bond motifs is 1. The Morgan fingerprint density at radius 2 is 2.12 bits per heavy atom. The topological polar surface area (TPSA) is 61.9 Å². The Balaban J connectivity index is 2.37. The summed E-state index contributed by atoms with van der Waals surface area (Å²) in [4.78, 5) is 27.6. The molecule has 1 aliphatic heterocycles. The maximum Gasteiger partial charge on any atom is 0.226 e. The van der Waals surface area contributed by atoms with E-state index in [-0.39, 0.29) is 30.3 Å². The van der Waals surface area contributed by atoms with Gasteiger partial charge in [-0.2, -0.15) is 0 Å². The number of hydrogen-bond acceptors (Lipinski definition) is 4. The van der Waals surface area contributed by atoms with E-state index in [1.807, 2.05) is 39.3 Å². The third-order valence-corrected chi connectivity index (χ3v) is 4.17. The van der Waals surface area contributed by atoms with Gasteiger partial charge in [-0.3, -0.25) is 9.59 Å². The molecule has 0 bridgehead atoms. The summed E-state index contributed by atoms with van der Waals surface area (Å²) in [6, 6.07) is 5.48. The lowest BCUT2D eigenvalue weighted by Gasteiger charge is -2.29. The van der Waals surface area contributed by atoms with Crippen LogP contribution in [0.15, 0.2) is 18.2 Å². The summed E-state index contributed by atoms with van der Waals surface area (Å²) in [7, 11) is 5.85. The highest BCUT2D eigenvalue weighted by Gasteiger charge is 2.27. The predicted molar refractivity (Wildman–Crippen MR) is 94.2 cm³/mol. The SMILES string of the molecule is CC(=O)Nc1ccc2c(c1)CC(=O)N(C)C[C@H](C)[C@H](CN(C)C)O2. The molecule has 1 aromatic carbocycles. The molecule has 6 nitrogen and oxygen atoms in total. The maximum atomic E-state index is 12.5. The highest BCUT2D eigenvalue weighted by Crippen LogP contribution is 2.28. The van der Waals surface area contributed by atoms with Gasteiger partial charge in [-0.15, -0.1) is 0 Å². The second-order valence-corrected chi connectivity index (χ2v) is 6.85. The summed E-state index contributed by atoms with van der Waals surface area (Å²) in [6.45, 7) is 5.00. The number of likely N-dealkylation sites (N-methyl/N-ethyl adjacent to an activating group) is 2. The van der Waals surface area contributed by atoms with Gasteiger partial charge >= 0.3 is 0 Å². The van der Waals surface area contributed by atoms with Gasteiger partial charge in [0.15, 0.2) is 0 Å². The molecule has 24 heavy (non-hydrogen) atoms. The summed E-state index contributed by atoms with van der Waals surface area (Å²) in [5, 5.41) is 2.76. The van der Waals surface area contributed by atoms with Crippen molar-refractivity contribution < 1.29 is 14.3 Å². The number of carbonyl (C=O) groups excluding carboxylic acids is 2. The first-order valence-electron chi connectivity index (χ1n) is 8.22. The van der Waals surface area contributed by atoms with Crippen LogP contribution in [0.25, 0.3) is 0 Å². The Kier molecular flexibility index (Phi) is 5.83. The van der Waals surface area contributed by atoms with E-state index in [2.05, 4.69) is 17.1 Å². The van der Waals surface area contributed by atoms with Crippen molar-refractivity contribution >= 4 is 17.5 Å². The minimum absolute atomic E-state index is 0.0151. The first-order chi connectivity index (χ1) is 11.3. The van der Waals surface area contributed by atoms with Gasteiger partial charge in [0.2, 0.25) is 11.8 Å². The molecule has 0 spiro atoms. The smallest absolute Gasteiger partial charge is 0.226 e. The van der Waals surface area contributed by atoms with Crippen molar-refractivity contribution in [3.63, 3.8) is 0 Å². The number of benzene rings is 1. The quantitative estimate of drug-likeness (QED) is 0.913. The van der Waals surface area contributed by atoms with E-state index in [1.165, 1.54) is 6.92 Å². The molecule has 0 aliphatic carbocycles. The highest BCUT2D eigenvalue weighted by atomic mass is 16.5. The molecule has 1 aliphatic rings. The van der Waals surface area contributed by atoms with Crippen molar-refractivity contribution in [3.8, 4) is 5.75 Å². The normalized spacial score (nSPS) is 21.4. The first-order valence-corrected chi connectivity index (χ1v) is 8.22. The van der Waals surface area contributed by atoms with Crippen molar-refractivity contribution in [2.75, 3.05) is 39.5 Å². The van der Waals surface area contributed by atoms with Crippen LogP contribution in [0.5, 0.6) is 5.75 Å². The van der Waals surface area contributed by atoms with Crippen LogP contribution in [0.4, 0.5) is 5.69 Å². The Morgan fingerprint density at radius 3 is 2.75 bits per heavy atom. The van der Waals surface area contributed by atoms with E-state index in [9.17, 15) is 9.59 Å². The van der Waals surface area contributed by atoms with Crippen LogP contribution < -0.4 is 10.1 Å². The van der Waals surface area contributed by atoms with Gasteiger partial charge in [-0.05, 0) is 32.3 Å². The molecule has 2 amide bonds. The van der Waals surface area contributed by atoms with Crippen molar-refractivity contribution in [2.24, 2.45) is 5.92 Å². The fraction of sp³-hybridized carbons (Fsp3) is 0.556. The number of hydrogen-bond donors (Lipinski definition) is 1. The van der Waals surface area contributed by atoms with Gasteiger partial charge < -0.3 is 19.9 Å². The van der Waals surface area contributed by atoms with Crippen LogP contribution in [0.1, 0.15) is 19.4 Å². The number of nitrogens with zero attached hydrogens (tertiary/aromatic N) is 2. The standard InChI is InChI=1S/C18H27N3O3/c1-12-10-21(5)18(23)9-14-8-15(19-13(2)22)6-7-16(14)24-17(12)11-20(3)4/h6-8,12,17H,9-11H2,1-5H3,(H,19,22)/t12-,17-/m0/s1. The van der Waals surface area contributed by atoms with Gasteiger partial charge in [-0.25, -0.2) is 0 Å². The number of rotatable bonds is 3. The summed E-state index contributed by atoms with van der Waals surface area (Å²) in [5.41, 5.74) is 1.48. The van der Waals surface area contributed by atoms with E-state index in [1.54, 1.807) is 4.90 Å². The summed E-state index contributed by atoms with van der Waals surface area (Å²) in [5.74, 6) is 0.840. The van der Waals surface area contributed by atoms with Crippen LogP contribution in [0.2, 0.25) is 0 Å². The second kappa shape index (κ2) is 7.66. The Hall–Kier alpha value is -2.08. The number of nitrogens with one attached hydrogen (secondary N) is 1. The van der Waals surface area contributed by atoms with Gasteiger partial charge in [0.05, 0.1) is 6.42 Å². The molecule has 0 radical (unpaired) electrons. The van der Waals surface area contributed by atoms with Gasteiger partial charge in [0.25, 0.3) is 0 Å². The third kappa shape index (κ3) is 4.71. The zero-order valence-corrected chi connectivity index (χ0v) is 15.1. The molecule has 132 valence electrons. The van der Waals surface area contributed by atoms with Crippen LogP contribution in [-0.2, 0) is 16.0 Å². The van der Waals surface area contributed by atoms with Crippen molar-refractivity contribution in [2.45, 2.75) is 26.4 Å². The molecule has 1 aromatic rings. The molecule has 0 saturated heterocycles. The highest BCUT2D eigenvalue weighted by molar-refractivity contribution is 5.89. The molecule has 2 atom stereocenters. The molecule has 1 N–H and O–H groups in total. The zero-order valence-electron chi connectivity index (χ0n) is 15.1. The lowest BCUT2D eigenvalue weighted by atomic mass is 10.0. The average molecular weight is 333 g/mol. The van der Waals surface area contributed by atoms with Gasteiger partial charge in [-0.1, -0.05) is 6.92 Å². The molecule has 2 rings (SSSR count). The van der Waals surface area contributed by atoms with Crippen LogP contribution >= 0.6 is 0 Å². The molecule has 0 unspecified atom stereocenters. The van der Waals surface area contributed by atoms with E-state index >= 15 is 0 Å². The summed E-state index contributed by atoms with van der Waals surface area (Å²) in [6.07, 6.45) is 0.249. The molecular formula is C18H27N3O3. The summed E-state index contributed by atoms with van der Waals surface area (Å²) < 4.78 is 6.26. The van der Waals surface area contributed by atoms with Gasteiger partial charge in [0, 0.05) is 44.2 Å². The van der Waals surface area contributed by atoms with E-state index in [4.69, 9.17) is 4.74 Å². The largest absolute Gasteiger partial charge is 0.488 e. The zero-order chi connectivity index (χ0) is 17.9. The van der Waals surface area contributed by atoms with Crippen LogP contribution in [-0.4, -0.2) is 62.0 Å². The Bertz CT molecular complexity index is 616. The molecule has 0 saturated carbocycles. The average Bonchev–Trinajstić information content (AvgIpc) is 2.50. The maximum absolute atomic E-state index is 12.5. The number of amides is 2. The predicted octanol–water partition coefficient (Wildman–Crippen LogP) is 1.60. The monoisotopic (exact) mass is 333 g/mol. The molecule has 0 fully saturated rings. The summed E-state index contributed by atoms with van der Waals surface area (Å²) >= 11 is 0. The number of anilines is 1. The number of ether oxygens (including phenoxy) is 1. The molecule has 1 heterocycles. The lowest BCUT2D eigenvalue weighted by molar-refractivity contribution is -0.129. The molecule has 0 aromatic heterocycles. The van der Waals surface area contributed by atoms with E-state index < -0.39 is 0 Å².